The molecule has 3 rings (SSSR count). The van der Waals surface area contributed by atoms with Gasteiger partial charge in [-0.3, -0.25) is 4.98 Å². The lowest BCUT2D eigenvalue weighted by Gasteiger charge is -2.08. The lowest BCUT2D eigenvalue weighted by Crippen LogP contribution is -1.98. The standard InChI is InChI=1S/C16H13FN2O/c17-13-6-11(7-14(18)8-13)10-20-15-4-3-12-2-1-5-19-16(12)9-15/h1-9H,10,18H2. The first kappa shape index (κ1) is 12.4. The van der Waals surface area contributed by atoms with E-state index in [-0.39, 0.29) is 12.4 Å². The third kappa shape index (κ3) is 2.69. The van der Waals surface area contributed by atoms with Crippen molar-refractivity contribution in [2.24, 2.45) is 0 Å². The molecule has 0 fully saturated rings. The fourth-order valence-electron chi connectivity index (χ4n) is 2.06. The van der Waals surface area contributed by atoms with Crippen molar-refractivity contribution < 1.29 is 9.13 Å². The van der Waals surface area contributed by atoms with Crippen LogP contribution in [0.25, 0.3) is 10.9 Å². The predicted molar refractivity (Wildman–Crippen MR) is 76.9 cm³/mol. The molecule has 4 heteroatoms. The second-order valence-corrected chi connectivity index (χ2v) is 4.54. The summed E-state index contributed by atoms with van der Waals surface area (Å²) >= 11 is 0. The van der Waals surface area contributed by atoms with Crippen LogP contribution in [-0.2, 0) is 6.61 Å². The number of nitrogen functional groups attached to an aromatic ring is 1. The van der Waals surface area contributed by atoms with Gasteiger partial charge in [0.1, 0.15) is 18.2 Å². The largest absolute Gasteiger partial charge is 0.489 e. The molecule has 20 heavy (non-hydrogen) atoms. The van der Waals surface area contributed by atoms with Crippen molar-refractivity contribution in [2.45, 2.75) is 6.61 Å². The first-order chi connectivity index (χ1) is 9.70. The molecular weight excluding hydrogens is 255 g/mol. The van der Waals surface area contributed by atoms with Gasteiger partial charge in [-0.15, -0.1) is 0 Å². The number of rotatable bonds is 3. The van der Waals surface area contributed by atoms with Gasteiger partial charge in [0.15, 0.2) is 0 Å². The Balaban J connectivity index is 1.79. The Kier molecular flexibility index (Phi) is 3.21. The van der Waals surface area contributed by atoms with Crippen molar-refractivity contribution in [1.29, 1.82) is 0 Å². The summed E-state index contributed by atoms with van der Waals surface area (Å²) in [5, 5.41) is 1.05. The van der Waals surface area contributed by atoms with E-state index in [4.69, 9.17) is 10.5 Å². The first-order valence-corrected chi connectivity index (χ1v) is 6.23. The molecule has 0 aliphatic carbocycles. The van der Waals surface area contributed by atoms with Crippen molar-refractivity contribution in [2.75, 3.05) is 5.73 Å². The maximum absolute atomic E-state index is 13.2. The fourth-order valence-corrected chi connectivity index (χ4v) is 2.06. The molecule has 0 unspecified atom stereocenters. The number of hydrogen-bond donors (Lipinski definition) is 1. The summed E-state index contributed by atoms with van der Waals surface area (Å²) in [5.74, 6) is 0.336. The Labute approximate surface area is 115 Å². The Hall–Kier alpha value is -2.62. The van der Waals surface area contributed by atoms with Gasteiger partial charge in [-0.2, -0.15) is 0 Å². The van der Waals surface area contributed by atoms with Gasteiger partial charge >= 0.3 is 0 Å². The van der Waals surface area contributed by atoms with E-state index in [1.54, 1.807) is 12.3 Å². The SMILES string of the molecule is Nc1cc(F)cc(COc2ccc3cccnc3c2)c1. The molecular formula is C16H13FN2O. The molecule has 2 aromatic carbocycles. The number of nitrogens with zero attached hydrogens (tertiary/aromatic N) is 1. The van der Waals surface area contributed by atoms with Crippen LogP contribution in [0.2, 0.25) is 0 Å². The Morgan fingerprint density at radius 1 is 1.10 bits per heavy atom. The van der Waals surface area contributed by atoms with Crippen molar-refractivity contribution >= 4 is 16.6 Å². The molecule has 0 saturated heterocycles. The van der Waals surface area contributed by atoms with Crippen LogP contribution < -0.4 is 10.5 Å². The van der Waals surface area contributed by atoms with Gasteiger partial charge in [-0.05, 0) is 42.0 Å². The summed E-state index contributed by atoms with van der Waals surface area (Å²) in [4.78, 5) is 4.27. The summed E-state index contributed by atoms with van der Waals surface area (Å²) in [6.45, 7) is 0.264. The molecule has 0 radical (unpaired) electrons. The summed E-state index contributed by atoms with van der Waals surface area (Å²) in [5.41, 5.74) is 7.55. The molecule has 0 spiro atoms. The number of ether oxygens (including phenoxy) is 1. The number of nitrogens with two attached hydrogens (primary N) is 1. The minimum Gasteiger partial charge on any atom is -0.489 e. The number of hydrogen-bond acceptors (Lipinski definition) is 3. The maximum Gasteiger partial charge on any atom is 0.125 e. The van der Waals surface area contributed by atoms with E-state index in [1.165, 1.54) is 12.1 Å². The van der Waals surface area contributed by atoms with E-state index in [1.807, 2.05) is 30.3 Å². The zero-order valence-corrected chi connectivity index (χ0v) is 10.7. The van der Waals surface area contributed by atoms with E-state index in [0.29, 0.717) is 17.0 Å². The van der Waals surface area contributed by atoms with Crippen LogP contribution in [0.5, 0.6) is 5.75 Å². The normalized spacial score (nSPS) is 10.7. The van der Waals surface area contributed by atoms with Crippen LogP contribution >= 0.6 is 0 Å². The van der Waals surface area contributed by atoms with Crippen molar-refractivity contribution in [1.82, 2.24) is 4.98 Å². The summed E-state index contributed by atoms with van der Waals surface area (Å²) in [7, 11) is 0. The molecule has 0 bridgehead atoms. The molecule has 2 N–H and O–H groups in total. The highest BCUT2D eigenvalue weighted by molar-refractivity contribution is 5.79. The quantitative estimate of drug-likeness (QED) is 0.739. The topological polar surface area (TPSA) is 48.1 Å². The Morgan fingerprint density at radius 2 is 2.00 bits per heavy atom. The van der Waals surface area contributed by atoms with Gasteiger partial charge in [-0.25, -0.2) is 4.39 Å². The first-order valence-electron chi connectivity index (χ1n) is 6.23. The van der Waals surface area contributed by atoms with Gasteiger partial charge in [0.25, 0.3) is 0 Å². The van der Waals surface area contributed by atoms with Gasteiger partial charge < -0.3 is 10.5 Å². The second kappa shape index (κ2) is 5.17. The molecule has 0 aliphatic rings. The lowest BCUT2D eigenvalue weighted by molar-refractivity contribution is 0.306. The van der Waals surface area contributed by atoms with E-state index >= 15 is 0 Å². The highest BCUT2D eigenvalue weighted by Crippen LogP contribution is 2.20. The average molecular weight is 268 g/mol. The van der Waals surface area contributed by atoms with Crippen molar-refractivity contribution in [3.8, 4) is 5.75 Å². The third-order valence-corrected chi connectivity index (χ3v) is 2.96. The van der Waals surface area contributed by atoms with E-state index in [0.717, 1.165) is 10.9 Å². The highest BCUT2D eigenvalue weighted by Gasteiger charge is 2.02. The molecule has 0 saturated carbocycles. The number of anilines is 1. The van der Waals surface area contributed by atoms with Crippen LogP contribution in [0.4, 0.5) is 10.1 Å². The number of pyridine rings is 1. The summed E-state index contributed by atoms with van der Waals surface area (Å²) in [6, 6.07) is 13.9. The van der Waals surface area contributed by atoms with Gasteiger partial charge in [0.2, 0.25) is 0 Å². The number of benzene rings is 2. The van der Waals surface area contributed by atoms with Gasteiger partial charge in [0, 0.05) is 23.3 Å². The maximum atomic E-state index is 13.2. The monoisotopic (exact) mass is 268 g/mol. The van der Waals surface area contributed by atoms with Crippen LogP contribution in [-0.4, -0.2) is 4.98 Å². The van der Waals surface area contributed by atoms with Crippen LogP contribution in [0.1, 0.15) is 5.56 Å². The molecule has 3 nitrogen and oxygen atoms in total. The van der Waals surface area contributed by atoms with Crippen molar-refractivity contribution in [3.63, 3.8) is 0 Å². The van der Waals surface area contributed by atoms with Gasteiger partial charge in [0.05, 0.1) is 5.52 Å². The molecule has 3 aromatic rings. The van der Waals surface area contributed by atoms with E-state index < -0.39 is 0 Å². The smallest absolute Gasteiger partial charge is 0.125 e. The molecule has 100 valence electrons. The van der Waals surface area contributed by atoms with Crippen LogP contribution in [0.15, 0.2) is 54.7 Å². The van der Waals surface area contributed by atoms with Crippen LogP contribution in [0.3, 0.4) is 0 Å². The summed E-state index contributed by atoms with van der Waals surface area (Å²) < 4.78 is 18.9. The molecule has 0 aliphatic heterocycles. The third-order valence-electron chi connectivity index (χ3n) is 2.96. The van der Waals surface area contributed by atoms with Gasteiger partial charge in [-0.1, -0.05) is 6.07 Å². The minimum absolute atomic E-state index is 0.264. The molecule has 1 aromatic heterocycles. The number of aromatic nitrogens is 1. The second-order valence-electron chi connectivity index (χ2n) is 4.54. The van der Waals surface area contributed by atoms with E-state index in [9.17, 15) is 4.39 Å². The fraction of sp³-hybridized carbons (Fsp3) is 0.0625. The lowest BCUT2D eigenvalue weighted by atomic mass is 10.2. The zero-order chi connectivity index (χ0) is 13.9. The zero-order valence-electron chi connectivity index (χ0n) is 10.7. The Bertz CT molecular complexity index is 738. The number of fused-ring (bicyclic) bond motifs is 1. The molecule has 0 atom stereocenters. The van der Waals surface area contributed by atoms with E-state index in [2.05, 4.69) is 4.98 Å². The molecule has 1 heterocycles. The number of halogens is 1. The van der Waals surface area contributed by atoms with Crippen LogP contribution in [0, 0.1) is 5.82 Å². The summed E-state index contributed by atoms with van der Waals surface area (Å²) in [6.07, 6.45) is 1.74. The Morgan fingerprint density at radius 3 is 2.85 bits per heavy atom. The predicted octanol–water partition coefficient (Wildman–Crippen LogP) is 3.54. The molecule has 0 amide bonds. The highest BCUT2D eigenvalue weighted by atomic mass is 19.1. The van der Waals surface area contributed by atoms with Crippen molar-refractivity contribution in [3.05, 3.63) is 66.1 Å². The average Bonchev–Trinajstić information content (AvgIpc) is 2.44. The minimum atomic E-state index is -0.358.